The molecule has 10 heteroatoms. The van der Waals surface area contributed by atoms with Gasteiger partial charge < -0.3 is 19.7 Å². The molecule has 0 bridgehead atoms. The van der Waals surface area contributed by atoms with Crippen LogP contribution in [-0.4, -0.2) is 63.2 Å². The fourth-order valence-electron chi connectivity index (χ4n) is 3.86. The van der Waals surface area contributed by atoms with E-state index < -0.39 is 28.5 Å². The Bertz CT molecular complexity index is 1200. The summed E-state index contributed by atoms with van der Waals surface area (Å²) in [5.74, 6) is 0.137. The summed E-state index contributed by atoms with van der Waals surface area (Å²) in [5.41, 5.74) is 2.14. The Morgan fingerprint density at radius 2 is 1.75 bits per heavy atom. The van der Waals surface area contributed by atoms with Crippen LogP contribution in [0.25, 0.3) is 0 Å². The van der Waals surface area contributed by atoms with E-state index in [-0.39, 0.29) is 24.2 Å². The summed E-state index contributed by atoms with van der Waals surface area (Å²) in [7, 11) is -3.83. The lowest BCUT2D eigenvalue weighted by molar-refractivity contribution is -0.139. The highest BCUT2D eigenvalue weighted by Crippen LogP contribution is 2.34. The van der Waals surface area contributed by atoms with E-state index in [1.54, 1.807) is 25.1 Å². The van der Waals surface area contributed by atoms with Crippen LogP contribution in [0.1, 0.15) is 38.3 Å². The zero-order valence-electron chi connectivity index (χ0n) is 21.5. The largest absolute Gasteiger partial charge is 0.486 e. The zero-order chi connectivity index (χ0) is 26.5. The molecule has 2 atom stereocenters. The Morgan fingerprint density at radius 3 is 2.39 bits per heavy atom. The molecule has 1 N–H and O–H groups in total. The molecule has 0 radical (unpaired) electrons. The molecule has 0 saturated heterocycles. The van der Waals surface area contributed by atoms with E-state index in [9.17, 15) is 18.0 Å². The second-order valence-corrected chi connectivity index (χ2v) is 11.0. The van der Waals surface area contributed by atoms with Crippen LogP contribution < -0.4 is 19.1 Å². The van der Waals surface area contributed by atoms with E-state index in [4.69, 9.17) is 9.47 Å². The van der Waals surface area contributed by atoms with Gasteiger partial charge >= 0.3 is 0 Å². The number of carbonyl (C=O) groups excluding carboxylic acids is 2. The number of rotatable bonds is 10. The number of aryl methyl sites for hydroxylation is 1. The number of nitrogens with zero attached hydrogens (tertiary/aromatic N) is 2. The number of amides is 2. The van der Waals surface area contributed by atoms with Crippen molar-refractivity contribution >= 4 is 27.5 Å². The summed E-state index contributed by atoms with van der Waals surface area (Å²) < 4.78 is 37.6. The van der Waals surface area contributed by atoms with E-state index in [1.165, 1.54) is 4.90 Å². The summed E-state index contributed by atoms with van der Waals surface area (Å²) in [4.78, 5) is 28.0. The van der Waals surface area contributed by atoms with Gasteiger partial charge in [-0.1, -0.05) is 36.8 Å². The molecule has 2 amide bonds. The first-order chi connectivity index (χ1) is 17.0. The summed E-state index contributed by atoms with van der Waals surface area (Å²) in [6.45, 7) is 7.90. The molecule has 2 aromatic carbocycles. The van der Waals surface area contributed by atoms with E-state index in [1.807, 2.05) is 45.0 Å². The third-order valence-electron chi connectivity index (χ3n) is 6.10. The second kappa shape index (κ2) is 11.6. The molecule has 36 heavy (non-hydrogen) atoms. The number of benzene rings is 2. The molecule has 1 heterocycles. The third-order valence-corrected chi connectivity index (χ3v) is 7.24. The Kier molecular flexibility index (Phi) is 8.84. The van der Waals surface area contributed by atoms with Gasteiger partial charge in [-0.05, 0) is 44.9 Å². The quantitative estimate of drug-likeness (QED) is 0.520. The van der Waals surface area contributed by atoms with Crippen molar-refractivity contribution < 1.29 is 27.5 Å². The number of hydrogen-bond acceptors (Lipinski definition) is 6. The maximum atomic E-state index is 13.6. The zero-order valence-corrected chi connectivity index (χ0v) is 22.3. The predicted octanol–water partition coefficient (Wildman–Crippen LogP) is 2.86. The molecule has 3 rings (SSSR count). The van der Waals surface area contributed by atoms with Crippen molar-refractivity contribution in [2.75, 3.05) is 30.3 Å². The standard InChI is InChI=1S/C26H35N3O6S/c1-6-19(3)27-26(31)20(4)28(16-21-9-7-8-18(2)14-21)25(30)17-29(36(5,32)33)22-10-11-23-24(15-22)35-13-12-34-23/h7-11,14-15,19-20H,6,12-13,16-17H2,1-5H3,(H,27,31)/t19-,20+/m1/s1. The van der Waals surface area contributed by atoms with Gasteiger partial charge in [0.1, 0.15) is 25.8 Å². The molecule has 9 nitrogen and oxygen atoms in total. The van der Waals surface area contributed by atoms with Crippen molar-refractivity contribution in [3.63, 3.8) is 0 Å². The number of carbonyl (C=O) groups is 2. The topological polar surface area (TPSA) is 105 Å². The van der Waals surface area contributed by atoms with Gasteiger partial charge in [0.05, 0.1) is 11.9 Å². The Hall–Kier alpha value is -3.27. The molecule has 1 aliphatic rings. The minimum atomic E-state index is -3.83. The van der Waals surface area contributed by atoms with Gasteiger partial charge in [-0.15, -0.1) is 0 Å². The second-order valence-electron chi connectivity index (χ2n) is 9.10. The van der Waals surface area contributed by atoms with Crippen molar-refractivity contribution in [3.8, 4) is 11.5 Å². The van der Waals surface area contributed by atoms with Gasteiger partial charge in [-0.3, -0.25) is 13.9 Å². The molecule has 0 unspecified atom stereocenters. The molecule has 0 aromatic heterocycles. The number of fused-ring (bicyclic) bond motifs is 1. The number of sulfonamides is 1. The van der Waals surface area contributed by atoms with Crippen LogP contribution in [0, 0.1) is 6.92 Å². The van der Waals surface area contributed by atoms with Crippen LogP contribution in [0.2, 0.25) is 0 Å². The van der Waals surface area contributed by atoms with Crippen molar-refractivity contribution in [1.82, 2.24) is 10.2 Å². The van der Waals surface area contributed by atoms with Crippen LogP contribution in [0.15, 0.2) is 42.5 Å². The van der Waals surface area contributed by atoms with Gasteiger partial charge in [0, 0.05) is 18.7 Å². The first-order valence-electron chi connectivity index (χ1n) is 12.0. The Labute approximate surface area is 213 Å². The van der Waals surface area contributed by atoms with Gasteiger partial charge in [0.25, 0.3) is 0 Å². The summed E-state index contributed by atoms with van der Waals surface area (Å²) >= 11 is 0. The highest BCUT2D eigenvalue weighted by Gasteiger charge is 2.31. The molecule has 0 aliphatic carbocycles. The molecular formula is C26H35N3O6S. The Balaban J connectivity index is 1.91. The summed E-state index contributed by atoms with van der Waals surface area (Å²) in [5, 5.41) is 2.92. The first-order valence-corrected chi connectivity index (χ1v) is 13.9. The minimum Gasteiger partial charge on any atom is -0.486 e. The minimum absolute atomic E-state index is 0.0545. The van der Waals surface area contributed by atoms with Gasteiger partial charge in [0.2, 0.25) is 21.8 Å². The van der Waals surface area contributed by atoms with Gasteiger partial charge in [-0.25, -0.2) is 8.42 Å². The van der Waals surface area contributed by atoms with Crippen molar-refractivity contribution in [2.45, 2.75) is 52.7 Å². The van der Waals surface area contributed by atoms with E-state index in [2.05, 4.69) is 5.32 Å². The van der Waals surface area contributed by atoms with Gasteiger partial charge in [-0.2, -0.15) is 0 Å². The fraction of sp³-hybridized carbons (Fsp3) is 0.462. The Morgan fingerprint density at radius 1 is 1.06 bits per heavy atom. The molecule has 196 valence electrons. The fourth-order valence-corrected chi connectivity index (χ4v) is 4.70. The maximum absolute atomic E-state index is 13.6. The van der Waals surface area contributed by atoms with Crippen LogP contribution in [-0.2, 0) is 26.2 Å². The maximum Gasteiger partial charge on any atom is 0.244 e. The van der Waals surface area contributed by atoms with Crippen LogP contribution in [0.5, 0.6) is 11.5 Å². The van der Waals surface area contributed by atoms with E-state index in [0.29, 0.717) is 24.7 Å². The van der Waals surface area contributed by atoms with E-state index >= 15 is 0 Å². The van der Waals surface area contributed by atoms with Crippen molar-refractivity contribution in [1.29, 1.82) is 0 Å². The average Bonchev–Trinajstić information content (AvgIpc) is 2.84. The van der Waals surface area contributed by atoms with Crippen LogP contribution >= 0.6 is 0 Å². The molecule has 0 spiro atoms. The van der Waals surface area contributed by atoms with Crippen molar-refractivity contribution in [3.05, 3.63) is 53.6 Å². The number of nitrogens with one attached hydrogen (secondary N) is 1. The molecule has 2 aromatic rings. The van der Waals surface area contributed by atoms with Gasteiger partial charge in [0.15, 0.2) is 11.5 Å². The van der Waals surface area contributed by atoms with Crippen LogP contribution in [0.4, 0.5) is 5.69 Å². The number of ether oxygens (including phenoxy) is 2. The molecule has 0 fully saturated rings. The smallest absolute Gasteiger partial charge is 0.244 e. The SMILES string of the molecule is CC[C@@H](C)NC(=O)[C@H](C)N(Cc1cccc(C)c1)C(=O)CN(c1ccc2c(c1)OCCO2)S(C)(=O)=O. The summed E-state index contributed by atoms with van der Waals surface area (Å²) in [6, 6.07) is 11.5. The third kappa shape index (κ3) is 6.90. The molecular weight excluding hydrogens is 482 g/mol. The highest BCUT2D eigenvalue weighted by atomic mass is 32.2. The van der Waals surface area contributed by atoms with Crippen LogP contribution in [0.3, 0.4) is 0 Å². The molecule has 0 saturated carbocycles. The highest BCUT2D eigenvalue weighted by molar-refractivity contribution is 7.92. The number of hydrogen-bond donors (Lipinski definition) is 1. The number of anilines is 1. The normalized spacial score (nSPS) is 14.5. The predicted molar refractivity (Wildman–Crippen MR) is 139 cm³/mol. The summed E-state index contributed by atoms with van der Waals surface area (Å²) in [6.07, 6.45) is 1.79. The van der Waals surface area contributed by atoms with Crippen molar-refractivity contribution in [2.24, 2.45) is 0 Å². The monoisotopic (exact) mass is 517 g/mol. The lowest BCUT2D eigenvalue weighted by Crippen LogP contribution is -2.52. The lowest BCUT2D eigenvalue weighted by atomic mass is 10.1. The van der Waals surface area contributed by atoms with E-state index in [0.717, 1.165) is 28.1 Å². The average molecular weight is 518 g/mol. The first kappa shape index (κ1) is 27.3. The lowest BCUT2D eigenvalue weighted by Gasteiger charge is -2.32. The molecule has 1 aliphatic heterocycles.